The zero-order chi connectivity index (χ0) is 19.2. The summed E-state index contributed by atoms with van der Waals surface area (Å²) in [5.41, 5.74) is 0.432. The van der Waals surface area contributed by atoms with E-state index in [1.54, 1.807) is 36.4 Å². The van der Waals surface area contributed by atoms with Crippen molar-refractivity contribution >= 4 is 17.7 Å². The number of amides is 1. The molecule has 3 rings (SSSR count). The number of Topliss-reactive ketones (excluding diaryl/α,β-unsaturated/α-hetero) is 1. The Kier molecular flexibility index (Phi) is 5.90. The smallest absolute Gasteiger partial charge is 0.329 e. The number of likely N-dealkylation sites (tertiary alicyclic amines) is 1. The maximum absolute atomic E-state index is 12.4. The summed E-state index contributed by atoms with van der Waals surface area (Å²) in [4.78, 5) is 38.5. The predicted molar refractivity (Wildman–Crippen MR) is 95.7 cm³/mol. The van der Waals surface area contributed by atoms with E-state index in [0.29, 0.717) is 37.3 Å². The molecule has 0 N–H and O–H groups in total. The Morgan fingerprint density at radius 2 is 1.96 bits per heavy atom. The SMILES string of the molecule is CCOc1ccc(C(=O)COC(=O)C2CCCN2C(=O)c2ccco2)cc1. The fourth-order valence-electron chi connectivity index (χ4n) is 3.02. The molecule has 7 nitrogen and oxygen atoms in total. The second-order valence-corrected chi connectivity index (χ2v) is 6.12. The lowest BCUT2D eigenvalue weighted by Crippen LogP contribution is -2.41. The van der Waals surface area contributed by atoms with Gasteiger partial charge in [-0.3, -0.25) is 9.59 Å². The zero-order valence-electron chi connectivity index (χ0n) is 15.1. The van der Waals surface area contributed by atoms with Crippen LogP contribution in [0, 0.1) is 0 Å². The molecule has 1 fully saturated rings. The van der Waals surface area contributed by atoms with Crippen LogP contribution in [-0.4, -0.2) is 48.4 Å². The third-order valence-corrected chi connectivity index (χ3v) is 4.35. The molecule has 1 aromatic carbocycles. The van der Waals surface area contributed by atoms with Gasteiger partial charge in [0.2, 0.25) is 0 Å². The highest BCUT2D eigenvalue weighted by molar-refractivity contribution is 5.99. The summed E-state index contributed by atoms with van der Waals surface area (Å²) in [5.74, 6) is -0.387. The van der Waals surface area contributed by atoms with Crippen molar-refractivity contribution in [1.29, 1.82) is 0 Å². The average molecular weight is 371 g/mol. The van der Waals surface area contributed by atoms with Gasteiger partial charge in [-0.2, -0.15) is 0 Å². The molecule has 1 atom stereocenters. The molecule has 1 amide bonds. The van der Waals surface area contributed by atoms with Crippen molar-refractivity contribution in [2.75, 3.05) is 19.8 Å². The van der Waals surface area contributed by atoms with Crippen molar-refractivity contribution in [1.82, 2.24) is 4.90 Å². The summed E-state index contributed by atoms with van der Waals surface area (Å²) in [6.45, 7) is 2.50. The molecule has 2 heterocycles. The molecule has 0 saturated carbocycles. The summed E-state index contributed by atoms with van der Waals surface area (Å²) < 4.78 is 15.6. The van der Waals surface area contributed by atoms with E-state index in [1.165, 1.54) is 11.2 Å². The topological polar surface area (TPSA) is 86.0 Å². The molecule has 1 aliphatic rings. The van der Waals surface area contributed by atoms with Crippen LogP contribution in [0.3, 0.4) is 0 Å². The summed E-state index contributed by atoms with van der Waals surface area (Å²) in [6, 6.07) is 9.12. The van der Waals surface area contributed by atoms with Gasteiger partial charge >= 0.3 is 5.97 Å². The highest BCUT2D eigenvalue weighted by Crippen LogP contribution is 2.21. The lowest BCUT2D eigenvalue weighted by Gasteiger charge is -2.22. The van der Waals surface area contributed by atoms with E-state index in [-0.39, 0.29) is 24.1 Å². The first-order valence-corrected chi connectivity index (χ1v) is 8.87. The highest BCUT2D eigenvalue weighted by Gasteiger charge is 2.36. The molecule has 1 aromatic heterocycles. The van der Waals surface area contributed by atoms with Gasteiger partial charge in [-0.15, -0.1) is 0 Å². The van der Waals surface area contributed by atoms with Gasteiger partial charge in [-0.1, -0.05) is 0 Å². The number of benzene rings is 1. The fraction of sp³-hybridized carbons (Fsp3) is 0.350. The summed E-state index contributed by atoms with van der Waals surface area (Å²) in [5, 5.41) is 0. The number of esters is 1. The van der Waals surface area contributed by atoms with Crippen LogP contribution in [0.25, 0.3) is 0 Å². The van der Waals surface area contributed by atoms with Crippen LogP contribution < -0.4 is 4.74 Å². The second-order valence-electron chi connectivity index (χ2n) is 6.12. The third kappa shape index (κ3) is 4.36. The Hall–Kier alpha value is -3.09. The predicted octanol–water partition coefficient (Wildman–Crippen LogP) is 2.71. The first-order chi connectivity index (χ1) is 13.1. The van der Waals surface area contributed by atoms with Gasteiger partial charge in [0.15, 0.2) is 18.2 Å². The van der Waals surface area contributed by atoms with Crippen LogP contribution in [0.4, 0.5) is 0 Å². The monoisotopic (exact) mass is 371 g/mol. The van der Waals surface area contributed by atoms with Gasteiger partial charge in [-0.25, -0.2) is 4.79 Å². The Labute approximate surface area is 156 Å². The number of hydrogen-bond acceptors (Lipinski definition) is 6. The number of furan rings is 1. The maximum Gasteiger partial charge on any atom is 0.329 e. The number of ketones is 1. The number of rotatable bonds is 7. The molecule has 1 aliphatic heterocycles. The summed E-state index contributed by atoms with van der Waals surface area (Å²) in [6.07, 6.45) is 2.60. The first kappa shape index (κ1) is 18.7. The van der Waals surface area contributed by atoms with E-state index in [9.17, 15) is 14.4 Å². The molecule has 0 radical (unpaired) electrons. The average Bonchev–Trinajstić information content (AvgIpc) is 3.38. The minimum atomic E-state index is -0.698. The quantitative estimate of drug-likeness (QED) is 0.549. The highest BCUT2D eigenvalue weighted by atomic mass is 16.5. The van der Waals surface area contributed by atoms with Crippen molar-refractivity contribution in [3.8, 4) is 5.75 Å². The van der Waals surface area contributed by atoms with Crippen LogP contribution in [0.1, 0.15) is 40.7 Å². The molecule has 2 aromatic rings. The number of hydrogen-bond donors (Lipinski definition) is 0. The van der Waals surface area contributed by atoms with E-state index in [2.05, 4.69) is 0 Å². The Morgan fingerprint density at radius 1 is 1.19 bits per heavy atom. The Bertz CT molecular complexity index is 796. The van der Waals surface area contributed by atoms with Crippen molar-refractivity contribution in [2.45, 2.75) is 25.8 Å². The summed E-state index contributed by atoms with van der Waals surface area (Å²) in [7, 11) is 0. The van der Waals surface area contributed by atoms with Gasteiger partial charge in [0.05, 0.1) is 12.9 Å². The Morgan fingerprint density at radius 3 is 2.63 bits per heavy atom. The molecular formula is C20H21NO6. The van der Waals surface area contributed by atoms with E-state index in [0.717, 1.165) is 0 Å². The molecular weight excluding hydrogens is 350 g/mol. The molecule has 27 heavy (non-hydrogen) atoms. The van der Waals surface area contributed by atoms with Crippen LogP contribution in [0.15, 0.2) is 47.1 Å². The largest absolute Gasteiger partial charge is 0.494 e. The zero-order valence-corrected chi connectivity index (χ0v) is 15.1. The number of ether oxygens (including phenoxy) is 2. The minimum absolute atomic E-state index is 0.181. The molecule has 1 saturated heterocycles. The standard InChI is InChI=1S/C20H21NO6/c1-2-25-15-9-7-14(8-10-15)17(22)13-27-20(24)16-5-3-11-21(16)19(23)18-6-4-12-26-18/h4,6-10,12,16H,2-3,5,11,13H2,1H3. The molecule has 1 unspecified atom stereocenters. The molecule has 0 bridgehead atoms. The van der Waals surface area contributed by atoms with Gasteiger partial charge in [-0.05, 0) is 56.2 Å². The van der Waals surface area contributed by atoms with Crippen LogP contribution >= 0.6 is 0 Å². The van der Waals surface area contributed by atoms with Gasteiger partial charge in [0.25, 0.3) is 5.91 Å². The van der Waals surface area contributed by atoms with Crippen LogP contribution in [0.2, 0.25) is 0 Å². The first-order valence-electron chi connectivity index (χ1n) is 8.87. The van der Waals surface area contributed by atoms with E-state index >= 15 is 0 Å². The fourth-order valence-corrected chi connectivity index (χ4v) is 3.02. The normalized spacial score (nSPS) is 16.2. The lowest BCUT2D eigenvalue weighted by molar-refractivity contribution is -0.147. The molecule has 7 heteroatoms. The van der Waals surface area contributed by atoms with Crippen molar-refractivity contribution in [3.63, 3.8) is 0 Å². The van der Waals surface area contributed by atoms with Gasteiger partial charge in [0.1, 0.15) is 11.8 Å². The Balaban J connectivity index is 1.56. The van der Waals surface area contributed by atoms with Crippen LogP contribution in [0.5, 0.6) is 5.75 Å². The molecule has 142 valence electrons. The molecule has 0 spiro atoms. The number of nitrogens with zero attached hydrogens (tertiary/aromatic N) is 1. The number of carbonyl (C=O) groups is 3. The minimum Gasteiger partial charge on any atom is -0.494 e. The summed E-state index contributed by atoms with van der Waals surface area (Å²) >= 11 is 0. The second kappa shape index (κ2) is 8.53. The van der Waals surface area contributed by atoms with Crippen molar-refractivity contribution in [2.24, 2.45) is 0 Å². The van der Waals surface area contributed by atoms with E-state index in [4.69, 9.17) is 13.9 Å². The van der Waals surface area contributed by atoms with E-state index in [1.807, 2.05) is 6.92 Å². The molecule has 0 aliphatic carbocycles. The van der Waals surface area contributed by atoms with Crippen molar-refractivity contribution in [3.05, 3.63) is 54.0 Å². The maximum atomic E-state index is 12.4. The van der Waals surface area contributed by atoms with Crippen molar-refractivity contribution < 1.29 is 28.3 Å². The van der Waals surface area contributed by atoms with Gasteiger partial charge < -0.3 is 18.8 Å². The van der Waals surface area contributed by atoms with E-state index < -0.39 is 12.0 Å². The van der Waals surface area contributed by atoms with Crippen LogP contribution in [-0.2, 0) is 9.53 Å². The third-order valence-electron chi connectivity index (χ3n) is 4.35. The van der Waals surface area contributed by atoms with Gasteiger partial charge in [0, 0.05) is 12.1 Å². The number of carbonyl (C=O) groups excluding carboxylic acids is 3. The lowest BCUT2D eigenvalue weighted by atomic mass is 10.1.